The molecule has 7 rings (SSSR count). The molecular formula is C101H168O22Si13. The van der Waals surface area contributed by atoms with E-state index in [1.807, 2.05) is 38.0 Å². The van der Waals surface area contributed by atoms with Gasteiger partial charge in [0.1, 0.15) is 0 Å². The fourth-order valence-electron chi connectivity index (χ4n) is 17.1. The second kappa shape index (κ2) is 57.5. The molecule has 0 amide bonds. The van der Waals surface area contributed by atoms with Gasteiger partial charge in [-0.2, -0.15) is 0 Å². The fourth-order valence-corrected chi connectivity index (χ4v) is 87.0. The van der Waals surface area contributed by atoms with E-state index < -0.39 is 135 Å². The Hall–Kier alpha value is -5.77. The molecule has 0 bridgehead atoms. The first-order chi connectivity index (χ1) is 63.6. The number of hydrogen-bond donors (Lipinski definition) is 0. The highest BCUT2D eigenvalue weighted by Crippen LogP contribution is 2.43. The van der Waals surface area contributed by atoms with Gasteiger partial charge in [0.2, 0.25) is 0 Å². The topological polar surface area (TPSA) is 242 Å². The molecule has 5 aromatic carbocycles. The molecule has 2 saturated heterocycles. The van der Waals surface area contributed by atoms with E-state index in [1.165, 1.54) is 27.8 Å². The predicted octanol–water partition coefficient (Wildman–Crippen LogP) is 25.9. The van der Waals surface area contributed by atoms with Gasteiger partial charge < -0.3 is 73.1 Å². The van der Waals surface area contributed by atoms with Crippen LogP contribution in [0.25, 0.3) is 0 Å². The summed E-state index contributed by atoms with van der Waals surface area (Å²) < 4.78 is 113. The second-order valence-corrected chi connectivity index (χ2v) is 88.1. The molecule has 0 spiro atoms. The van der Waals surface area contributed by atoms with Crippen molar-refractivity contribution in [2.45, 2.75) is 316 Å². The Morgan fingerprint density at radius 1 is 0.287 bits per heavy atom. The van der Waals surface area contributed by atoms with Gasteiger partial charge in [-0.1, -0.05) is 204 Å². The van der Waals surface area contributed by atoms with Crippen molar-refractivity contribution in [3.05, 3.63) is 253 Å². The molecule has 4 atom stereocenters. The zero-order chi connectivity index (χ0) is 101. The third-order valence-corrected chi connectivity index (χ3v) is 81.5. The average molecular weight is 2100 g/mol. The Morgan fingerprint density at radius 3 is 0.743 bits per heavy atom. The Kier molecular flexibility index (Phi) is 51.0. The van der Waals surface area contributed by atoms with Crippen molar-refractivity contribution in [1.82, 2.24) is 0 Å². The summed E-state index contributed by atoms with van der Waals surface area (Å²) in [5, 5.41) is 0. The lowest BCUT2D eigenvalue weighted by atomic mass is 10.1. The molecule has 0 radical (unpaired) electrons. The molecule has 136 heavy (non-hydrogen) atoms. The molecule has 35 heteroatoms. The third kappa shape index (κ3) is 47.9. The van der Waals surface area contributed by atoms with Crippen LogP contribution in [-0.2, 0) is 129 Å². The Morgan fingerprint density at radius 2 is 0.500 bits per heavy atom. The van der Waals surface area contributed by atoms with Gasteiger partial charge in [-0.3, -0.25) is 0 Å². The van der Waals surface area contributed by atoms with Crippen LogP contribution in [0.2, 0.25) is 171 Å². The summed E-state index contributed by atoms with van der Waals surface area (Å²) in [6.45, 7) is 68.0. The number of hydrogen-bond acceptors (Lipinski definition) is 22. The number of carbonyl (C=O) groups is 5. The van der Waals surface area contributed by atoms with Crippen LogP contribution in [-0.4, -0.2) is 174 Å². The van der Waals surface area contributed by atoms with Gasteiger partial charge >= 0.3 is 124 Å². The summed E-state index contributed by atoms with van der Waals surface area (Å²) in [6.07, 6.45) is 14.1. The molecule has 5 aromatic rings. The monoisotopic (exact) mass is 2100 g/mol. The number of benzene rings is 5. The highest BCUT2D eigenvalue weighted by Gasteiger charge is 2.59. The lowest BCUT2D eigenvalue weighted by molar-refractivity contribution is -0.139. The summed E-state index contributed by atoms with van der Waals surface area (Å²) in [6, 6.07) is 62.3. The minimum Gasteiger partial charge on any atom is -0.462 e. The maximum Gasteiger partial charge on any atom is 0.333 e. The van der Waals surface area contributed by atoms with Crippen molar-refractivity contribution in [2.24, 2.45) is 0 Å². The smallest absolute Gasteiger partial charge is 0.333 e. The van der Waals surface area contributed by atoms with Crippen molar-refractivity contribution in [1.29, 1.82) is 0 Å². The van der Waals surface area contributed by atoms with Crippen molar-refractivity contribution >= 4 is 141 Å². The summed E-state index contributed by atoms with van der Waals surface area (Å²) in [5.74, 6) is -2.20. The Labute approximate surface area is 832 Å². The van der Waals surface area contributed by atoms with Crippen molar-refractivity contribution in [3.63, 3.8) is 0 Å². The van der Waals surface area contributed by atoms with E-state index in [1.54, 1.807) is 34.6 Å². The molecule has 22 nitrogen and oxygen atoms in total. The van der Waals surface area contributed by atoms with E-state index in [9.17, 15) is 24.0 Å². The van der Waals surface area contributed by atoms with Crippen molar-refractivity contribution in [2.75, 3.05) is 33.0 Å². The van der Waals surface area contributed by atoms with Crippen LogP contribution in [0.5, 0.6) is 0 Å². The molecule has 2 aliphatic rings. The summed E-state index contributed by atoms with van der Waals surface area (Å²) >= 11 is 0. The van der Waals surface area contributed by atoms with Gasteiger partial charge in [0.25, 0.3) is 0 Å². The van der Waals surface area contributed by atoms with Crippen LogP contribution in [0.15, 0.2) is 225 Å². The minimum absolute atomic E-state index is 0.169. The normalized spacial score (nSPS) is 22.8. The molecule has 0 aromatic heterocycles. The predicted molar refractivity (Wildman–Crippen MR) is 581 cm³/mol. The first kappa shape index (κ1) is 121. The standard InChI is InChI=1S/C41H58O4Si4.C32H56O12Si4.C28H54O6Si5/c1-46(34-18-17-30-38-22-9-5-10-23-38)42-47(2,35-19-31-39-24-11-6-12-25-39)44-49(4,37-21-33-41-28-15-8-16-29-41)45-48(3,43-46)36-20-32-40-26-13-7-14-27-40;1-25(2)29(33)37-17-13-21-45(9)41-46(10,22-14-18-38-30(34)26(3)4)43-48(12,24-16-20-40-32(36)28(7)8)44-47(11,42-45)23-15-19-39-31(35)27(5)6;1-13-35(5,6)31-37(9,10)33-39(12,24-18-22-27-20-16-15-17-21-27)34-38(11,32-36(7,8)14-2)25-19-23-30-28(29)26(3)4/h5-16,22-29H,17-21,30-37H2,1-4H3;1,3,5,7,13-24H2,2,4,6,8-12H3;13,15-17,20-21H,1,3,14,18-19,22-25H2,2,4-12H3. The highest BCUT2D eigenvalue weighted by atomic mass is 28.5. The first-order valence-electron chi connectivity index (χ1n) is 49.0. The Balaban J connectivity index is 0.000000363. The van der Waals surface area contributed by atoms with E-state index in [0.717, 1.165) is 113 Å². The van der Waals surface area contributed by atoms with Crippen LogP contribution in [0, 0.1) is 0 Å². The number of ether oxygens (including phenoxy) is 5. The highest BCUT2D eigenvalue weighted by molar-refractivity contribution is 6.96. The van der Waals surface area contributed by atoms with Gasteiger partial charge in [-0.15, -0.1) is 6.58 Å². The van der Waals surface area contributed by atoms with Gasteiger partial charge in [-0.05, 0) is 330 Å². The van der Waals surface area contributed by atoms with Crippen LogP contribution in [0.1, 0.15) is 140 Å². The van der Waals surface area contributed by atoms with Gasteiger partial charge in [0.05, 0.1) is 33.0 Å². The Bertz CT molecular complexity index is 4300. The van der Waals surface area contributed by atoms with Gasteiger partial charge in [-0.25, -0.2) is 24.0 Å². The minimum atomic E-state index is -3.06. The quantitative estimate of drug-likeness (QED) is 0.0115. The van der Waals surface area contributed by atoms with Crippen LogP contribution in [0.4, 0.5) is 0 Å². The molecule has 4 unspecified atom stereocenters. The zero-order valence-electron chi connectivity index (χ0n) is 86.9. The summed E-state index contributed by atoms with van der Waals surface area (Å²) in [4.78, 5) is 59.9. The molecule has 2 heterocycles. The van der Waals surface area contributed by atoms with Gasteiger partial charge in [0, 0.05) is 27.9 Å². The lowest BCUT2D eigenvalue weighted by Gasteiger charge is -2.50. The maximum absolute atomic E-state index is 12.0. The molecule has 2 aliphatic heterocycles. The summed E-state index contributed by atoms with van der Waals surface area (Å²) in [5.41, 5.74) is 10.5. The fraction of sp³-hybridized carbons (Fsp3) is 0.535. The second-order valence-electron chi connectivity index (χ2n) is 40.0. The van der Waals surface area contributed by atoms with Crippen LogP contribution in [0.3, 0.4) is 0 Å². The average Bonchev–Trinajstić information content (AvgIpc) is 0.768. The summed E-state index contributed by atoms with van der Waals surface area (Å²) in [7, 11) is -34.8. The first-order valence-corrected chi connectivity index (χ1v) is 83.2. The van der Waals surface area contributed by atoms with E-state index in [-0.39, 0.29) is 32.4 Å². The number of esters is 5. The van der Waals surface area contributed by atoms with E-state index in [0.29, 0.717) is 90.8 Å². The molecule has 2 fully saturated rings. The van der Waals surface area contributed by atoms with Crippen molar-refractivity contribution < 1.29 is 97.0 Å². The number of aryl methyl sites for hydroxylation is 5. The number of unbranched alkanes of at least 4 members (excludes halogenated alkanes) is 1. The van der Waals surface area contributed by atoms with Gasteiger partial charge in [0.15, 0.2) is 16.6 Å². The largest absolute Gasteiger partial charge is 0.462 e. The number of rotatable bonds is 56. The molecular weight excluding hydrogens is 1930 g/mol. The van der Waals surface area contributed by atoms with Crippen LogP contribution < -0.4 is 0 Å². The van der Waals surface area contributed by atoms with Crippen LogP contribution >= 0.6 is 0 Å². The number of carbonyl (C=O) groups excluding carboxylic acids is 5. The SMILES string of the molecule is C=C(C)C(=O)OCCC[Si]1(C)O[Si](C)(CCCOC(=O)C(=C)C)O[Si](C)(CCCOC(=O)C(=C)C)O[Si](C)(CCCOC(=O)C(=C)C)O1.C=C[Si](C)(C)O[Si](C)(C)O[Si](C)(CCCc1ccccc1)O[Si](C)(CCCOC(=O)C(=C)C)O[Si](C)(C)CC.C[Si]1(CCCCc2ccccc2)O[Si](C)(CCCc2ccccc2)O[Si](C)(CCCc2ccccc2)O[Si](C)(CCCc2ccccc2)O1. The van der Waals surface area contributed by atoms with E-state index in [4.69, 9.17) is 73.1 Å². The van der Waals surface area contributed by atoms with E-state index >= 15 is 0 Å². The van der Waals surface area contributed by atoms with Crippen molar-refractivity contribution in [3.8, 4) is 0 Å². The molecule has 0 aliphatic carbocycles. The third-order valence-electron chi connectivity index (χ3n) is 23.4. The zero-order valence-corrected chi connectivity index (χ0v) is 99.9. The molecule has 0 saturated carbocycles. The van der Waals surface area contributed by atoms with E-state index in [2.05, 4.69) is 271 Å². The maximum atomic E-state index is 12.0. The molecule has 756 valence electrons. The lowest BCUT2D eigenvalue weighted by Crippen LogP contribution is -2.67. The molecule has 0 N–H and O–H groups in total.